The van der Waals surface area contributed by atoms with Crippen LogP contribution in [0.4, 0.5) is 0 Å². The molecule has 0 atom stereocenters. The van der Waals surface area contributed by atoms with Crippen molar-refractivity contribution < 1.29 is 73.3 Å². The molecule has 0 amide bonds. The molecule has 0 fully saturated rings. The van der Waals surface area contributed by atoms with E-state index >= 15 is 0 Å². The number of hydrogen-bond acceptors (Lipinski definition) is 7. The Hall–Kier alpha value is 1.20. The van der Waals surface area contributed by atoms with E-state index < -0.39 is 27.3 Å². The molecule has 0 heterocycles. The monoisotopic (exact) mass is 323 g/mol. The Morgan fingerprint density at radius 2 is 1.89 bits per heavy atom. The van der Waals surface area contributed by atoms with Gasteiger partial charge in [-0.2, -0.15) is 0 Å². The van der Waals surface area contributed by atoms with Gasteiger partial charge in [-0.15, -0.1) is 6.58 Å². The summed E-state index contributed by atoms with van der Waals surface area (Å²) in [5, 5.41) is 8.83. The summed E-state index contributed by atoms with van der Waals surface area (Å²) in [6, 6.07) is 0. The topological polar surface area (TPSA) is 91.8 Å². The number of sulfone groups is 1. The molecule has 0 saturated carbocycles. The summed E-state index contributed by atoms with van der Waals surface area (Å²) in [6.45, 7) is 3.03. The average molecular weight is 323 g/mol. The Balaban J connectivity index is 0. The third-order valence-electron chi connectivity index (χ3n) is 2.07. The molecule has 0 aromatic heterocycles. The molecule has 0 aromatic rings. The van der Waals surface area contributed by atoms with Crippen LogP contribution in [0.5, 0.6) is 0 Å². The maximum atomic E-state index is 11.5. The predicted molar refractivity (Wildman–Crippen MR) is 65.5 cm³/mol. The van der Waals surface area contributed by atoms with Crippen LogP contribution in [0.1, 0.15) is 12.8 Å². The van der Waals surface area contributed by atoms with E-state index in [1.807, 2.05) is 0 Å². The summed E-state index contributed by atoms with van der Waals surface area (Å²) in [5.41, 5.74) is 0. The smallest absolute Gasteiger partial charge is 0.423 e. The van der Waals surface area contributed by atoms with Crippen molar-refractivity contribution in [1.82, 2.24) is 4.90 Å². The van der Waals surface area contributed by atoms with Gasteiger partial charge in [0.2, 0.25) is 0 Å². The summed E-state index contributed by atoms with van der Waals surface area (Å²) in [6.07, 6.45) is 2.79. The first-order valence-corrected chi connectivity index (χ1v) is 8.18. The van der Waals surface area contributed by atoms with Gasteiger partial charge in [-0.3, -0.25) is 4.90 Å². The van der Waals surface area contributed by atoms with Gasteiger partial charge in [-0.1, -0.05) is 16.8 Å². The van der Waals surface area contributed by atoms with Crippen LogP contribution in [-0.4, -0.2) is 49.1 Å². The number of rotatable bonds is 10. The fraction of sp³-hybridized carbons (Fsp3) is 0.778. The number of hydrogen-bond donors (Lipinski definition) is 1. The van der Waals surface area contributed by atoms with Crippen molar-refractivity contribution in [1.29, 1.82) is 0 Å². The largest absolute Gasteiger partial charge is 1.00 e. The zero-order chi connectivity index (χ0) is 13.3. The molecular weight excluding hydrogens is 305 g/mol. The molecule has 0 aliphatic rings. The molecule has 1 N–H and O–H groups in total. The summed E-state index contributed by atoms with van der Waals surface area (Å²) in [7, 11) is -5.52. The molecule has 9 heteroatoms. The maximum absolute atomic E-state index is 11.5. The molecule has 0 spiro atoms. The van der Waals surface area contributed by atoms with Crippen molar-refractivity contribution in [2.24, 2.45) is 0 Å². The minimum atomic E-state index is -3.20. The van der Waals surface area contributed by atoms with Crippen LogP contribution in [0, 0.1) is 0 Å². The fourth-order valence-corrected chi connectivity index (χ4v) is 3.00. The van der Waals surface area contributed by atoms with Crippen molar-refractivity contribution in [3.63, 3.8) is 0 Å². The minimum absolute atomic E-state index is 0. The second-order valence-electron chi connectivity index (χ2n) is 3.55. The fourth-order valence-electron chi connectivity index (χ4n) is 1.14. The molecule has 0 bridgehead atoms. The van der Waals surface area contributed by atoms with E-state index in [9.17, 15) is 16.8 Å². The van der Waals surface area contributed by atoms with E-state index in [0.29, 0.717) is 12.8 Å². The maximum Gasteiger partial charge on any atom is 1.00 e. The van der Waals surface area contributed by atoms with Crippen molar-refractivity contribution in [2.45, 2.75) is 12.8 Å². The Morgan fingerprint density at radius 1 is 1.28 bits per heavy atom. The Labute approximate surface area is 153 Å². The van der Waals surface area contributed by atoms with Gasteiger partial charge < -0.3 is 13.5 Å². The van der Waals surface area contributed by atoms with Crippen LogP contribution in [0.3, 0.4) is 0 Å². The second kappa shape index (κ2) is 12.0. The summed E-state index contributed by atoms with van der Waals surface area (Å²) < 4.78 is 43.8. The van der Waals surface area contributed by atoms with Crippen molar-refractivity contribution in [3.05, 3.63) is 12.7 Å². The van der Waals surface area contributed by atoms with Crippen LogP contribution in [0.2, 0.25) is 0 Å². The van der Waals surface area contributed by atoms with Gasteiger partial charge in [0.1, 0.15) is 0 Å². The van der Waals surface area contributed by atoms with Gasteiger partial charge in [-0.05, 0) is 18.7 Å². The van der Waals surface area contributed by atoms with Gasteiger partial charge in [0.25, 0.3) is 0 Å². The van der Waals surface area contributed by atoms with Gasteiger partial charge in [-0.25, -0.2) is 8.42 Å². The SMILES string of the molecule is C=CCCCS(=O)(=O)CCN(CO)C[S-](=O)=O.[K+]. The number of allylic oxidation sites excluding steroid dienone is 1. The Kier molecular flexibility index (Phi) is 14.3. The number of nitrogens with zero attached hydrogens (tertiary/aromatic N) is 1. The molecule has 0 radical (unpaired) electrons. The normalized spacial score (nSPS) is 11.5. The third-order valence-corrected chi connectivity index (χ3v) is 4.36. The molecule has 6 nitrogen and oxygen atoms in total. The molecule has 0 saturated heterocycles. The second-order valence-corrected chi connectivity index (χ2v) is 6.72. The Bertz CT molecular complexity index is 386. The molecule has 102 valence electrons. The number of aliphatic hydroxyl groups excluding tert-OH is 1. The van der Waals surface area contributed by atoms with Gasteiger partial charge >= 0.3 is 51.4 Å². The third kappa shape index (κ3) is 12.2. The van der Waals surface area contributed by atoms with Crippen LogP contribution >= 0.6 is 0 Å². The summed E-state index contributed by atoms with van der Waals surface area (Å²) in [5.74, 6) is -0.459. The zero-order valence-corrected chi connectivity index (χ0v) is 15.3. The number of aliphatic hydroxyl groups is 1. The first kappa shape index (κ1) is 21.5. The van der Waals surface area contributed by atoms with E-state index in [1.165, 1.54) is 0 Å². The summed E-state index contributed by atoms with van der Waals surface area (Å²) >= 11 is 0. The molecule has 0 aliphatic heterocycles. The first-order valence-electron chi connectivity index (χ1n) is 5.11. The van der Waals surface area contributed by atoms with Gasteiger partial charge in [0.05, 0.1) is 18.2 Å². The molecule has 0 aromatic carbocycles. The molecule has 18 heavy (non-hydrogen) atoms. The predicted octanol–water partition coefficient (Wildman–Crippen LogP) is -3.11. The standard InChI is InChI=1S/C9H18NO5S2.K/c1-2-3-4-6-17(14,15)7-5-10(8-11)9-16(12)13;/h2,11H,1,3-9H2;/q-1;+1. The van der Waals surface area contributed by atoms with Crippen LogP contribution in [-0.2, 0) is 29.0 Å². The zero-order valence-electron chi connectivity index (χ0n) is 10.6. The number of unbranched alkanes of at least 4 members (excludes halogenated alkanes) is 1. The van der Waals surface area contributed by atoms with Crippen molar-refractivity contribution in [3.8, 4) is 0 Å². The van der Waals surface area contributed by atoms with Crippen LogP contribution < -0.4 is 51.4 Å². The minimum Gasteiger partial charge on any atom is -0.423 e. The average Bonchev–Trinajstić information content (AvgIpc) is 2.24. The molecule has 0 aliphatic carbocycles. The van der Waals surface area contributed by atoms with E-state index in [2.05, 4.69) is 6.58 Å². The van der Waals surface area contributed by atoms with E-state index in [1.54, 1.807) is 6.08 Å². The molecule has 0 rings (SSSR count). The van der Waals surface area contributed by atoms with Crippen molar-refractivity contribution >= 4 is 20.5 Å². The van der Waals surface area contributed by atoms with E-state index in [0.717, 1.165) is 4.90 Å². The Morgan fingerprint density at radius 3 is 2.33 bits per heavy atom. The quantitative estimate of drug-likeness (QED) is 0.150. The van der Waals surface area contributed by atoms with Gasteiger partial charge in [0.15, 0.2) is 9.84 Å². The van der Waals surface area contributed by atoms with E-state index in [4.69, 9.17) is 5.11 Å². The molecule has 0 unspecified atom stereocenters. The van der Waals surface area contributed by atoms with Gasteiger partial charge in [0, 0.05) is 6.54 Å². The van der Waals surface area contributed by atoms with Crippen LogP contribution in [0.15, 0.2) is 12.7 Å². The summed E-state index contributed by atoms with van der Waals surface area (Å²) in [4.78, 5) is 1.15. The van der Waals surface area contributed by atoms with E-state index in [-0.39, 0.29) is 75.3 Å². The van der Waals surface area contributed by atoms with Crippen molar-refractivity contribution in [2.75, 3.05) is 30.7 Å². The molecular formula is C9H18KNO5S2. The first-order chi connectivity index (χ1) is 7.91. The van der Waals surface area contributed by atoms with Crippen LogP contribution in [0.25, 0.3) is 0 Å².